The number of nitrogens with zero attached hydrogens (tertiary/aromatic N) is 2. The van der Waals surface area contributed by atoms with E-state index in [1.165, 1.54) is 0 Å². The topological polar surface area (TPSA) is 53.1 Å². The standard InChI is InChI=1S/C12H14ClN3O/c1-7-4-11(17-3)9(13)5-8(7)10-6-15-12(14)16(10)2/h4-6H,1-3H3,(H2,14,15). The van der Waals surface area contributed by atoms with E-state index in [4.69, 9.17) is 22.1 Å². The van der Waals surface area contributed by atoms with Gasteiger partial charge in [0, 0.05) is 12.6 Å². The molecule has 0 bridgehead atoms. The van der Waals surface area contributed by atoms with E-state index in [0.29, 0.717) is 16.7 Å². The number of nitrogen functional groups attached to an aromatic ring is 1. The summed E-state index contributed by atoms with van der Waals surface area (Å²) in [5.74, 6) is 1.15. The Morgan fingerprint density at radius 3 is 2.65 bits per heavy atom. The van der Waals surface area contributed by atoms with Crippen molar-refractivity contribution in [2.45, 2.75) is 6.92 Å². The number of methoxy groups -OCH3 is 1. The molecule has 1 aromatic heterocycles. The first-order chi connectivity index (χ1) is 8.04. The maximum atomic E-state index is 6.12. The minimum absolute atomic E-state index is 0.478. The van der Waals surface area contributed by atoms with Gasteiger partial charge in [-0.2, -0.15) is 0 Å². The zero-order valence-corrected chi connectivity index (χ0v) is 10.7. The summed E-state index contributed by atoms with van der Waals surface area (Å²) in [6.45, 7) is 2.00. The SMILES string of the molecule is COc1cc(C)c(-c2cnc(N)n2C)cc1Cl. The van der Waals surface area contributed by atoms with E-state index in [0.717, 1.165) is 16.8 Å². The lowest BCUT2D eigenvalue weighted by Crippen LogP contribution is -1.99. The number of aromatic nitrogens is 2. The predicted molar refractivity (Wildman–Crippen MR) is 69.4 cm³/mol. The molecule has 4 nitrogen and oxygen atoms in total. The molecule has 0 saturated carbocycles. The van der Waals surface area contributed by atoms with Crippen molar-refractivity contribution >= 4 is 17.5 Å². The van der Waals surface area contributed by atoms with Crippen molar-refractivity contribution in [3.8, 4) is 17.0 Å². The van der Waals surface area contributed by atoms with Gasteiger partial charge in [-0.1, -0.05) is 11.6 Å². The molecule has 0 atom stereocenters. The van der Waals surface area contributed by atoms with Crippen molar-refractivity contribution in [3.05, 3.63) is 28.9 Å². The molecule has 17 heavy (non-hydrogen) atoms. The number of halogens is 1. The van der Waals surface area contributed by atoms with Crippen molar-refractivity contribution in [1.82, 2.24) is 9.55 Å². The minimum Gasteiger partial charge on any atom is -0.495 e. The molecule has 0 aliphatic heterocycles. The maximum Gasteiger partial charge on any atom is 0.200 e. The Morgan fingerprint density at radius 1 is 1.41 bits per heavy atom. The van der Waals surface area contributed by atoms with Gasteiger partial charge in [-0.15, -0.1) is 0 Å². The summed E-state index contributed by atoms with van der Waals surface area (Å²) in [7, 11) is 3.47. The zero-order valence-electron chi connectivity index (χ0n) is 9.99. The number of ether oxygens (including phenoxy) is 1. The van der Waals surface area contributed by atoms with Crippen LogP contribution in [0.1, 0.15) is 5.56 Å². The highest BCUT2D eigenvalue weighted by Crippen LogP contribution is 2.33. The van der Waals surface area contributed by atoms with Crippen LogP contribution in [0, 0.1) is 6.92 Å². The normalized spacial score (nSPS) is 10.6. The van der Waals surface area contributed by atoms with Crippen LogP contribution in [0.15, 0.2) is 18.3 Å². The molecular weight excluding hydrogens is 238 g/mol. The molecule has 0 amide bonds. The van der Waals surface area contributed by atoms with Gasteiger partial charge < -0.3 is 15.0 Å². The van der Waals surface area contributed by atoms with Gasteiger partial charge in [0.15, 0.2) is 5.95 Å². The monoisotopic (exact) mass is 251 g/mol. The summed E-state index contributed by atoms with van der Waals surface area (Å²) in [5, 5.41) is 0.577. The van der Waals surface area contributed by atoms with Crippen LogP contribution in [-0.2, 0) is 7.05 Å². The third-order valence-electron chi connectivity index (χ3n) is 2.80. The lowest BCUT2D eigenvalue weighted by molar-refractivity contribution is 0.415. The molecule has 1 aromatic carbocycles. The van der Waals surface area contributed by atoms with Crippen molar-refractivity contribution in [2.24, 2.45) is 7.05 Å². The second-order valence-corrected chi connectivity index (χ2v) is 4.27. The number of benzene rings is 1. The molecule has 0 aliphatic carbocycles. The zero-order chi connectivity index (χ0) is 12.6. The fourth-order valence-electron chi connectivity index (χ4n) is 1.76. The molecule has 0 fully saturated rings. The molecule has 2 rings (SSSR count). The molecule has 90 valence electrons. The summed E-state index contributed by atoms with van der Waals surface area (Å²) in [6, 6.07) is 3.77. The first-order valence-electron chi connectivity index (χ1n) is 5.16. The minimum atomic E-state index is 0.478. The number of hydrogen-bond acceptors (Lipinski definition) is 3. The Balaban J connectivity index is 2.60. The average molecular weight is 252 g/mol. The van der Waals surface area contributed by atoms with E-state index in [1.54, 1.807) is 13.3 Å². The molecule has 2 aromatic rings. The molecule has 1 heterocycles. The fourth-order valence-corrected chi connectivity index (χ4v) is 2.00. The van der Waals surface area contributed by atoms with Gasteiger partial charge in [0.25, 0.3) is 0 Å². The molecule has 0 saturated heterocycles. The third-order valence-corrected chi connectivity index (χ3v) is 3.09. The van der Waals surface area contributed by atoms with Crippen LogP contribution >= 0.6 is 11.6 Å². The van der Waals surface area contributed by atoms with E-state index >= 15 is 0 Å². The summed E-state index contributed by atoms with van der Waals surface area (Å²) >= 11 is 6.12. The van der Waals surface area contributed by atoms with E-state index in [9.17, 15) is 0 Å². The first kappa shape index (κ1) is 11.8. The first-order valence-corrected chi connectivity index (χ1v) is 5.54. The third kappa shape index (κ3) is 1.96. The van der Waals surface area contributed by atoms with Crippen LogP contribution < -0.4 is 10.5 Å². The molecular formula is C12H14ClN3O. The summed E-state index contributed by atoms with van der Waals surface area (Å²) < 4.78 is 7.00. The van der Waals surface area contributed by atoms with Gasteiger partial charge in [-0.05, 0) is 24.6 Å². The Morgan fingerprint density at radius 2 is 2.12 bits per heavy atom. The van der Waals surface area contributed by atoms with Crippen molar-refractivity contribution in [2.75, 3.05) is 12.8 Å². The molecule has 2 N–H and O–H groups in total. The van der Waals surface area contributed by atoms with Crippen molar-refractivity contribution in [3.63, 3.8) is 0 Å². The lowest BCUT2D eigenvalue weighted by Gasteiger charge is -2.10. The Kier molecular flexibility index (Phi) is 2.98. The van der Waals surface area contributed by atoms with Gasteiger partial charge in [-0.25, -0.2) is 4.98 Å². The van der Waals surface area contributed by atoms with E-state index in [1.807, 2.05) is 30.7 Å². The summed E-state index contributed by atoms with van der Waals surface area (Å²) in [4.78, 5) is 4.07. The van der Waals surface area contributed by atoms with Crippen LogP contribution in [0.3, 0.4) is 0 Å². The second-order valence-electron chi connectivity index (χ2n) is 3.86. The number of rotatable bonds is 2. The largest absolute Gasteiger partial charge is 0.495 e. The predicted octanol–water partition coefficient (Wildman–Crippen LogP) is 2.64. The maximum absolute atomic E-state index is 6.12. The van der Waals surface area contributed by atoms with E-state index in [2.05, 4.69) is 4.98 Å². The molecule has 5 heteroatoms. The van der Waals surface area contributed by atoms with Gasteiger partial charge in [0.1, 0.15) is 5.75 Å². The van der Waals surface area contributed by atoms with Gasteiger partial charge >= 0.3 is 0 Å². The summed E-state index contributed by atoms with van der Waals surface area (Å²) in [6.07, 6.45) is 1.74. The average Bonchev–Trinajstić information content (AvgIpc) is 2.63. The number of aryl methyl sites for hydroxylation is 1. The Bertz CT molecular complexity index is 563. The fraction of sp³-hybridized carbons (Fsp3) is 0.250. The molecule has 0 spiro atoms. The van der Waals surface area contributed by atoms with Gasteiger partial charge in [-0.3, -0.25) is 0 Å². The highest BCUT2D eigenvalue weighted by atomic mass is 35.5. The van der Waals surface area contributed by atoms with Crippen LogP contribution in [0.4, 0.5) is 5.95 Å². The van der Waals surface area contributed by atoms with E-state index in [-0.39, 0.29) is 0 Å². The number of hydrogen-bond donors (Lipinski definition) is 1. The highest BCUT2D eigenvalue weighted by Gasteiger charge is 2.12. The van der Waals surface area contributed by atoms with Crippen molar-refractivity contribution in [1.29, 1.82) is 0 Å². The number of nitrogens with two attached hydrogens (primary N) is 1. The Hall–Kier alpha value is -1.68. The highest BCUT2D eigenvalue weighted by molar-refractivity contribution is 6.32. The van der Waals surface area contributed by atoms with Crippen LogP contribution in [0.5, 0.6) is 5.75 Å². The lowest BCUT2D eigenvalue weighted by atomic mass is 10.1. The van der Waals surface area contributed by atoms with Gasteiger partial charge in [0.05, 0.1) is 24.0 Å². The van der Waals surface area contributed by atoms with Crippen LogP contribution in [-0.4, -0.2) is 16.7 Å². The smallest absolute Gasteiger partial charge is 0.200 e. The second kappa shape index (κ2) is 4.30. The van der Waals surface area contributed by atoms with Crippen LogP contribution in [0.2, 0.25) is 5.02 Å². The van der Waals surface area contributed by atoms with E-state index < -0.39 is 0 Å². The molecule has 0 aliphatic rings. The number of imidazole rings is 1. The molecule has 0 unspecified atom stereocenters. The Labute approximate surface area is 105 Å². The van der Waals surface area contributed by atoms with Crippen LogP contribution in [0.25, 0.3) is 11.3 Å². The van der Waals surface area contributed by atoms with Gasteiger partial charge in [0.2, 0.25) is 0 Å². The van der Waals surface area contributed by atoms with Crippen molar-refractivity contribution < 1.29 is 4.74 Å². The molecule has 0 radical (unpaired) electrons. The summed E-state index contributed by atoms with van der Waals surface area (Å²) in [5.41, 5.74) is 8.72. The number of anilines is 1. The quantitative estimate of drug-likeness (QED) is 0.893.